The molecule has 6 heteroatoms. The number of nitrogens with one attached hydrogen (secondary N) is 1. The average molecular weight is 346 g/mol. The summed E-state index contributed by atoms with van der Waals surface area (Å²) < 4.78 is 13.0. The number of aliphatic imine (C=N–C) groups is 1. The third-order valence-corrected chi connectivity index (χ3v) is 4.80. The number of hydrogen-bond acceptors (Lipinski definition) is 2. The van der Waals surface area contributed by atoms with Gasteiger partial charge >= 0.3 is 0 Å². The van der Waals surface area contributed by atoms with Crippen molar-refractivity contribution in [2.75, 3.05) is 33.7 Å². The van der Waals surface area contributed by atoms with Gasteiger partial charge in [-0.25, -0.2) is 9.38 Å². The minimum atomic E-state index is -0.189. The smallest absolute Gasteiger partial charge is 0.243 e. The molecule has 0 aromatic heterocycles. The Balaban J connectivity index is 1.59. The van der Waals surface area contributed by atoms with Crippen LogP contribution in [-0.2, 0) is 11.2 Å². The lowest BCUT2D eigenvalue weighted by molar-refractivity contribution is -0.127. The fraction of sp³-hybridized carbons (Fsp3) is 0.579. The second-order valence-corrected chi connectivity index (χ2v) is 7.28. The van der Waals surface area contributed by atoms with Crippen molar-refractivity contribution < 1.29 is 9.18 Å². The van der Waals surface area contributed by atoms with Crippen LogP contribution in [0.25, 0.3) is 0 Å². The molecule has 1 saturated carbocycles. The summed E-state index contributed by atoms with van der Waals surface area (Å²) in [6.07, 6.45) is 4.38. The summed E-state index contributed by atoms with van der Waals surface area (Å²) in [6.45, 7) is 2.05. The first-order chi connectivity index (χ1) is 12.0. The van der Waals surface area contributed by atoms with Crippen LogP contribution < -0.4 is 5.32 Å². The first-order valence-corrected chi connectivity index (χ1v) is 9.02. The lowest BCUT2D eigenvalue weighted by Gasteiger charge is -2.22. The number of guanidine groups is 1. The van der Waals surface area contributed by atoms with E-state index in [1.54, 1.807) is 19.0 Å². The maximum absolute atomic E-state index is 13.0. The normalized spacial score (nSPS) is 20.7. The van der Waals surface area contributed by atoms with Crippen LogP contribution in [0.15, 0.2) is 29.3 Å². The van der Waals surface area contributed by atoms with E-state index >= 15 is 0 Å². The molecule has 0 bridgehead atoms. The van der Waals surface area contributed by atoms with E-state index in [1.807, 2.05) is 12.1 Å². The SMILES string of the molecule is CN(C)C(=O)CN=C(NC1CC1)N1CCC(Cc2ccc(F)cc2)C1. The van der Waals surface area contributed by atoms with Crippen LogP contribution in [0.4, 0.5) is 4.39 Å². The summed E-state index contributed by atoms with van der Waals surface area (Å²) in [5.41, 5.74) is 1.17. The minimum Gasteiger partial charge on any atom is -0.353 e. The molecule has 1 saturated heterocycles. The van der Waals surface area contributed by atoms with Gasteiger partial charge in [0.15, 0.2) is 5.96 Å². The highest BCUT2D eigenvalue weighted by Gasteiger charge is 2.29. The molecule has 1 unspecified atom stereocenters. The van der Waals surface area contributed by atoms with Crippen LogP contribution in [0.2, 0.25) is 0 Å². The summed E-state index contributed by atoms with van der Waals surface area (Å²) in [6, 6.07) is 7.29. The number of carbonyl (C=O) groups is 1. The Hall–Kier alpha value is -2.11. The van der Waals surface area contributed by atoms with Crippen molar-refractivity contribution in [1.82, 2.24) is 15.1 Å². The molecule has 25 heavy (non-hydrogen) atoms. The summed E-state index contributed by atoms with van der Waals surface area (Å²) in [5, 5.41) is 3.47. The quantitative estimate of drug-likeness (QED) is 0.654. The van der Waals surface area contributed by atoms with E-state index in [-0.39, 0.29) is 18.3 Å². The van der Waals surface area contributed by atoms with E-state index in [4.69, 9.17) is 0 Å². The van der Waals surface area contributed by atoms with Crippen molar-refractivity contribution in [2.45, 2.75) is 31.7 Å². The first-order valence-electron chi connectivity index (χ1n) is 9.02. The van der Waals surface area contributed by atoms with Gasteiger partial charge in [-0.05, 0) is 49.3 Å². The van der Waals surface area contributed by atoms with Crippen LogP contribution >= 0.6 is 0 Å². The Bertz CT molecular complexity index is 625. The molecule has 0 spiro atoms. The van der Waals surface area contributed by atoms with Gasteiger partial charge in [0.2, 0.25) is 5.91 Å². The molecule has 1 amide bonds. The zero-order chi connectivity index (χ0) is 17.8. The Kier molecular flexibility index (Phi) is 5.56. The monoisotopic (exact) mass is 346 g/mol. The number of likely N-dealkylation sites (tertiary alicyclic amines) is 1. The second-order valence-electron chi connectivity index (χ2n) is 7.28. The van der Waals surface area contributed by atoms with Crippen molar-refractivity contribution in [3.63, 3.8) is 0 Å². The Labute approximate surface area is 148 Å². The standard InChI is InChI=1S/C19H27FN4O/c1-23(2)18(25)12-21-19(22-17-7-8-17)24-10-9-15(13-24)11-14-3-5-16(20)6-4-14/h3-6,15,17H,7-13H2,1-2H3,(H,21,22). The Morgan fingerprint density at radius 3 is 2.64 bits per heavy atom. The van der Waals surface area contributed by atoms with Crippen molar-refractivity contribution in [2.24, 2.45) is 10.9 Å². The number of amides is 1. The second kappa shape index (κ2) is 7.85. The molecular formula is C19H27FN4O. The largest absolute Gasteiger partial charge is 0.353 e. The van der Waals surface area contributed by atoms with Crippen molar-refractivity contribution in [3.8, 4) is 0 Å². The van der Waals surface area contributed by atoms with E-state index in [0.29, 0.717) is 12.0 Å². The molecule has 0 radical (unpaired) electrons. The number of rotatable bonds is 5. The predicted molar refractivity (Wildman–Crippen MR) is 96.9 cm³/mol. The maximum Gasteiger partial charge on any atom is 0.243 e. The zero-order valence-electron chi connectivity index (χ0n) is 15.0. The molecule has 2 fully saturated rings. The molecule has 1 heterocycles. The van der Waals surface area contributed by atoms with Gasteiger partial charge in [-0.3, -0.25) is 4.79 Å². The number of likely N-dealkylation sites (N-methyl/N-ethyl adjacent to an activating group) is 1. The van der Waals surface area contributed by atoms with Crippen LogP contribution in [0.5, 0.6) is 0 Å². The third-order valence-electron chi connectivity index (χ3n) is 4.80. The minimum absolute atomic E-state index is 0.0113. The van der Waals surface area contributed by atoms with E-state index in [0.717, 1.165) is 31.9 Å². The van der Waals surface area contributed by atoms with Crippen molar-refractivity contribution in [1.29, 1.82) is 0 Å². The molecule has 1 aromatic carbocycles. The third kappa shape index (κ3) is 5.18. The van der Waals surface area contributed by atoms with E-state index in [1.165, 1.54) is 30.5 Å². The summed E-state index contributed by atoms with van der Waals surface area (Å²) >= 11 is 0. The van der Waals surface area contributed by atoms with Gasteiger partial charge in [-0.15, -0.1) is 0 Å². The highest BCUT2D eigenvalue weighted by Crippen LogP contribution is 2.23. The molecule has 1 aromatic rings. The van der Waals surface area contributed by atoms with Gasteiger partial charge in [0.25, 0.3) is 0 Å². The lowest BCUT2D eigenvalue weighted by atomic mass is 9.99. The number of carbonyl (C=O) groups excluding carboxylic acids is 1. The Morgan fingerprint density at radius 1 is 1.28 bits per heavy atom. The van der Waals surface area contributed by atoms with E-state index in [2.05, 4.69) is 15.2 Å². The Morgan fingerprint density at radius 2 is 2.00 bits per heavy atom. The van der Waals surface area contributed by atoms with Gasteiger partial charge in [-0.1, -0.05) is 12.1 Å². The molecule has 2 aliphatic rings. The molecule has 1 aliphatic heterocycles. The first kappa shape index (κ1) is 17.7. The predicted octanol–water partition coefficient (Wildman–Crippen LogP) is 1.89. The fourth-order valence-corrected chi connectivity index (χ4v) is 3.08. The van der Waals surface area contributed by atoms with E-state index in [9.17, 15) is 9.18 Å². The lowest BCUT2D eigenvalue weighted by Crippen LogP contribution is -2.42. The topological polar surface area (TPSA) is 47.9 Å². The molecule has 1 atom stereocenters. The van der Waals surface area contributed by atoms with Gasteiger partial charge < -0.3 is 15.1 Å². The van der Waals surface area contributed by atoms with Gasteiger partial charge in [-0.2, -0.15) is 0 Å². The fourth-order valence-electron chi connectivity index (χ4n) is 3.08. The summed E-state index contributed by atoms with van der Waals surface area (Å²) in [5.74, 6) is 1.21. The molecule has 5 nitrogen and oxygen atoms in total. The highest BCUT2D eigenvalue weighted by molar-refractivity contribution is 5.85. The zero-order valence-corrected chi connectivity index (χ0v) is 15.0. The number of hydrogen-bond donors (Lipinski definition) is 1. The van der Waals surface area contributed by atoms with Crippen molar-refractivity contribution >= 4 is 11.9 Å². The molecule has 1 aliphatic carbocycles. The highest BCUT2D eigenvalue weighted by atomic mass is 19.1. The number of benzene rings is 1. The molecular weight excluding hydrogens is 319 g/mol. The van der Waals surface area contributed by atoms with Crippen LogP contribution in [0, 0.1) is 11.7 Å². The maximum atomic E-state index is 13.0. The van der Waals surface area contributed by atoms with Gasteiger partial charge in [0.05, 0.1) is 0 Å². The number of nitrogens with zero attached hydrogens (tertiary/aromatic N) is 3. The van der Waals surface area contributed by atoms with Crippen LogP contribution in [-0.4, -0.2) is 61.4 Å². The number of halogens is 1. The summed E-state index contributed by atoms with van der Waals surface area (Å²) in [4.78, 5) is 20.2. The van der Waals surface area contributed by atoms with Crippen LogP contribution in [0.1, 0.15) is 24.8 Å². The van der Waals surface area contributed by atoms with Crippen LogP contribution in [0.3, 0.4) is 0 Å². The molecule has 1 N–H and O–H groups in total. The van der Waals surface area contributed by atoms with Gasteiger partial charge in [0, 0.05) is 33.2 Å². The average Bonchev–Trinajstić information content (AvgIpc) is 3.29. The van der Waals surface area contributed by atoms with E-state index < -0.39 is 0 Å². The van der Waals surface area contributed by atoms with Gasteiger partial charge in [0.1, 0.15) is 12.4 Å². The van der Waals surface area contributed by atoms with Crippen molar-refractivity contribution in [3.05, 3.63) is 35.6 Å². The summed E-state index contributed by atoms with van der Waals surface area (Å²) in [7, 11) is 3.50. The molecule has 136 valence electrons. The molecule has 3 rings (SSSR count).